The van der Waals surface area contributed by atoms with Crippen molar-refractivity contribution in [3.8, 4) is 0 Å². The summed E-state index contributed by atoms with van der Waals surface area (Å²) < 4.78 is 21.1. The number of aryl methyl sites for hydroxylation is 1. The summed E-state index contributed by atoms with van der Waals surface area (Å²) in [6.07, 6.45) is 3.39. The maximum absolute atomic E-state index is 13.7. The van der Waals surface area contributed by atoms with E-state index < -0.39 is 0 Å². The Morgan fingerprint density at radius 1 is 1.24 bits per heavy atom. The van der Waals surface area contributed by atoms with Crippen LogP contribution >= 0.6 is 11.8 Å². The maximum Gasteiger partial charge on any atom is 0.262 e. The van der Waals surface area contributed by atoms with Gasteiger partial charge in [0.05, 0.1) is 29.3 Å². The molecule has 2 aliphatic heterocycles. The van der Waals surface area contributed by atoms with Gasteiger partial charge in [0.2, 0.25) is 5.91 Å². The summed E-state index contributed by atoms with van der Waals surface area (Å²) in [4.78, 5) is 33.0. The third kappa shape index (κ3) is 4.42. The Morgan fingerprint density at radius 2 is 2.09 bits per heavy atom. The van der Waals surface area contributed by atoms with E-state index in [0.717, 1.165) is 36.9 Å². The first kappa shape index (κ1) is 22.1. The Hall–Kier alpha value is -2.71. The lowest BCUT2D eigenvalue weighted by molar-refractivity contribution is -0.116. The maximum atomic E-state index is 13.7. The number of halogens is 1. The molecule has 1 saturated heterocycles. The quantitative estimate of drug-likeness (QED) is 0.416. The molecule has 172 valence electrons. The monoisotopic (exact) mass is 467 g/mol. The number of para-hydroxylation sites is 1. The summed E-state index contributed by atoms with van der Waals surface area (Å²) in [6.45, 7) is 3.14. The number of carbonyl (C=O) groups is 1. The van der Waals surface area contributed by atoms with E-state index in [2.05, 4.69) is 0 Å². The molecule has 0 aliphatic carbocycles. The molecule has 2 atom stereocenters. The van der Waals surface area contributed by atoms with Gasteiger partial charge in [0, 0.05) is 18.3 Å². The molecule has 2 aromatic carbocycles. The summed E-state index contributed by atoms with van der Waals surface area (Å²) in [7, 11) is 0. The van der Waals surface area contributed by atoms with Crippen LogP contribution in [0.4, 0.5) is 10.1 Å². The molecule has 0 unspecified atom stereocenters. The zero-order chi connectivity index (χ0) is 22.9. The first-order valence-electron chi connectivity index (χ1n) is 11.4. The lowest BCUT2D eigenvalue weighted by atomic mass is 9.96. The van der Waals surface area contributed by atoms with Crippen molar-refractivity contribution in [1.82, 2.24) is 9.55 Å². The van der Waals surface area contributed by atoms with Crippen LogP contribution in [0.1, 0.15) is 31.7 Å². The van der Waals surface area contributed by atoms with E-state index in [-0.39, 0.29) is 35.2 Å². The van der Waals surface area contributed by atoms with E-state index in [1.165, 1.54) is 23.9 Å². The fourth-order valence-electron chi connectivity index (χ4n) is 4.71. The molecule has 1 fully saturated rings. The van der Waals surface area contributed by atoms with Crippen LogP contribution < -0.4 is 10.5 Å². The molecule has 3 heterocycles. The number of aromatic nitrogens is 2. The lowest BCUT2D eigenvalue weighted by Crippen LogP contribution is -2.43. The van der Waals surface area contributed by atoms with Crippen LogP contribution in [0.3, 0.4) is 0 Å². The van der Waals surface area contributed by atoms with E-state index in [1.807, 2.05) is 25.1 Å². The van der Waals surface area contributed by atoms with Crippen molar-refractivity contribution in [2.24, 2.45) is 0 Å². The molecule has 5 rings (SSSR count). The molecule has 0 bridgehead atoms. The van der Waals surface area contributed by atoms with Gasteiger partial charge < -0.3 is 9.64 Å². The number of fused-ring (bicyclic) bond motifs is 2. The molecular formula is C25H26FN3O3S. The van der Waals surface area contributed by atoms with Gasteiger partial charge in [-0.2, -0.15) is 0 Å². The minimum Gasteiger partial charge on any atom is -0.376 e. The van der Waals surface area contributed by atoms with Gasteiger partial charge in [0.25, 0.3) is 5.56 Å². The first-order valence-corrected chi connectivity index (χ1v) is 12.3. The fourth-order valence-corrected chi connectivity index (χ4v) is 5.57. The highest BCUT2D eigenvalue weighted by Crippen LogP contribution is 2.32. The van der Waals surface area contributed by atoms with E-state index in [0.29, 0.717) is 29.2 Å². The van der Waals surface area contributed by atoms with Crippen molar-refractivity contribution in [2.45, 2.75) is 56.5 Å². The zero-order valence-electron chi connectivity index (χ0n) is 18.5. The average molecular weight is 468 g/mol. The van der Waals surface area contributed by atoms with Crippen molar-refractivity contribution in [2.75, 3.05) is 17.3 Å². The van der Waals surface area contributed by atoms with Gasteiger partial charge in [-0.3, -0.25) is 14.2 Å². The number of hydrogen-bond donors (Lipinski definition) is 0. The second-order valence-corrected chi connectivity index (χ2v) is 9.62. The summed E-state index contributed by atoms with van der Waals surface area (Å²) in [6, 6.07) is 11.9. The SMILES string of the molecule is C[C@H]1CCc2cc(F)ccc2N1C(=O)CSc1nc2ccccc2c(=O)n1C[C@@H]1CCCO1. The van der Waals surface area contributed by atoms with Crippen LogP contribution in [-0.2, 0) is 22.5 Å². The highest BCUT2D eigenvalue weighted by atomic mass is 32.2. The Balaban J connectivity index is 1.43. The van der Waals surface area contributed by atoms with E-state index in [9.17, 15) is 14.0 Å². The van der Waals surface area contributed by atoms with Crippen molar-refractivity contribution in [3.05, 3.63) is 64.2 Å². The zero-order valence-corrected chi connectivity index (χ0v) is 19.3. The number of nitrogens with zero attached hydrogens (tertiary/aromatic N) is 3. The molecule has 1 aromatic heterocycles. The minimum absolute atomic E-state index is 0.0229. The highest BCUT2D eigenvalue weighted by molar-refractivity contribution is 7.99. The van der Waals surface area contributed by atoms with Gasteiger partial charge >= 0.3 is 0 Å². The molecule has 2 aliphatic rings. The Labute approximate surface area is 195 Å². The van der Waals surface area contributed by atoms with Crippen molar-refractivity contribution < 1.29 is 13.9 Å². The predicted molar refractivity (Wildman–Crippen MR) is 127 cm³/mol. The number of ether oxygens (including phenoxy) is 1. The van der Waals surface area contributed by atoms with Crippen LogP contribution in [0.15, 0.2) is 52.4 Å². The summed E-state index contributed by atoms with van der Waals surface area (Å²) in [5.41, 5.74) is 2.13. The number of rotatable bonds is 5. The molecule has 8 heteroatoms. The Morgan fingerprint density at radius 3 is 2.91 bits per heavy atom. The van der Waals surface area contributed by atoms with Crippen LogP contribution in [0, 0.1) is 5.82 Å². The Kier molecular flexibility index (Phi) is 6.21. The van der Waals surface area contributed by atoms with Gasteiger partial charge in [0.1, 0.15) is 5.82 Å². The molecule has 6 nitrogen and oxygen atoms in total. The second kappa shape index (κ2) is 9.27. The van der Waals surface area contributed by atoms with Gasteiger partial charge in [0.15, 0.2) is 5.16 Å². The third-order valence-corrected chi connectivity index (χ3v) is 7.36. The summed E-state index contributed by atoms with van der Waals surface area (Å²) in [5, 5.41) is 1.08. The summed E-state index contributed by atoms with van der Waals surface area (Å²) >= 11 is 1.27. The smallest absolute Gasteiger partial charge is 0.262 e. The molecule has 0 spiro atoms. The van der Waals surface area contributed by atoms with Crippen molar-refractivity contribution >= 4 is 34.3 Å². The number of hydrogen-bond acceptors (Lipinski definition) is 5. The molecule has 3 aromatic rings. The van der Waals surface area contributed by atoms with Gasteiger partial charge in [-0.1, -0.05) is 23.9 Å². The largest absolute Gasteiger partial charge is 0.376 e. The normalized spacial score (nSPS) is 20.2. The lowest BCUT2D eigenvalue weighted by Gasteiger charge is -2.35. The van der Waals surface area contributed by atoms with Crippen LogP contribution in [0.2, 0.25) is 0 Å². The second-order valence-electron chi connectivity index (χ2n) is 8.68. The molecule has 0 N–H and O–H groups in total. The summed E-state index contributed by atoms with van der Waals surface area (Å²) in [5.74, 6) is -0.230. The van der Waals surface area contributed by atoms with Crippen LogP contribution in [-0.4, -0.2) is 40.0 Å². The topological polar surface area (TPSA) is 64.4 Å². The van der Waals surface area contributed by atoms with Gasteiger partial charge in [-0.15, -0.1) is 0 Å². The predicted octanol–water partition coefficient (Wildman–Crippen LogP) is 4.17. The average Bonchev–Trinajstić information content (AvgIpc) is 3.33. The number of amides is 1. The minimum atomic E-state index is -0.288. The number of carbonyl (C=O) groups excluding carboxylic acids is 1. The van der Waals surface area contributed by atoms with Crippen molar-refractivity contribution in [1.29, 1.82) is 0 Å². The Bertz CT molecular complexity index is 1260. The molecule has 0 radical (unpaired) electrons. The molecule has 0 saturated carbocycles. The number of anilines is 1. The first-order chi connectivity index (χ1) is 16.0. The van der Waals surface area contributed by atoms with Crippen LogP contribution in [0.25, 0.3) is 10.9 Å². The molecule has 33 heavy (non-hydrogen) atoms. The van der Waals surface area contributed by atoms with E-state index in [1.54, 1.807) is 21.6 Å². The van der Waals surface area contributed by atoms with Crippen LogP contribution in [0.5, 0.6) is 0 Å². The molecular weight excluding hydrogens is 441 g/mol. The molecule has 1 amide bonds. The van der Waals surface area contributed by atoms with Gasteiger partial charge in [-0.05, 0) is 68.5 Å². The third-order valence-electron chi connectivity index (χ3n) is 6.40. The van der Waals surface area contributed by atoms with E-state index >= 15 is 0 Å². The number of benzene rings is 2. The van der Waals surface area contributed by atoms with Gasteiger partial charge in [-0.25, -0.2) is 9.37 Å². The van der Waals surface area contributed by atoms with E-state index in [4.69, 9.17) is 9.72 Å². The highest BCUT2D eigenvalue weighted by Gasteiger charge is 2.29. The number of thioether (sulfide) groups is 1. The van der Waals surface area contributed by atoms with Crippen molar-refractivity contribution in [3.63, 3.8) is 0 Å². The standard InChI is InChI=1S/C25H26FN3O3S/c1-16-8-9-17-13-18(26)10-11-22(17)29(16)23(30)15-33-25-27-21-7-3-2-6-20(21)24(31)28(25)14-19-5-4-12-32-19/h2-3,6-7,10-11,13,16,19H,4-5,8-9,12,14-15H2,1H3/t16-,19-/m0/s1. The fraction of sp³-hybridized carbons (Fsp3) is 0.400.